The normalized spacial score (nSPS) is 26.4. The van der Waals surface area contributed by atoms with Crippen molar-refractivity contribution < 1.29 is 14.6 Å². The first-order valence-electron chi connectivity index (χ1n) is 7.60. The van der Waals surface area contributed by atoms with Gasteiger partial charge >= 0.3 is 0 Å². The maximum Gasteiger partial charge on any atom is 0.176 e. The van der Waals surface area contributed by atoms with Crippen molar-refractivity contribution in [1.29, 1.82) is 0 Å². The molecule has 3 rings (SSSR count). The van der Waals surface area contributed by atoms with E-state index in [9.17, 15) is 5.11 Å². The summed E-state index contributed by atoms with van der Waals surface area (Å²) in [6.45, 7) is 2.56. The first-order valence-corrected chi connectivity index (χ1v) is 7.98. The van der Waals surface area contributed by atoms with E-state index in [0.717, 1.165) is 25.3 Å². The summed E-state index contributed by atoms with van der Waals surface area (Å²) in [7, 11) is 1.54. The van der Waals surface area contributed by atoms with Crippen molar-refractivity contribution >= 4 is 11.6 Å². The molecule has 2 atom stereocenters. The number of aromatic hydroxyl groups is 1. The highest BCUT2D eigenvalue weighted by Crippen LogP contribution is 2.36. The van der Waals surface area contributed by atoms with Crippen LogP contribution >= 0.6 is 11.6 Å². The maximum atomic E-state index is 9.82. The Labute approximate surface area is 130 Å². The van der Waals surface area contributed by atoms with Crippen LogP contribution in [0, 0.1) is 0 Å². The van der Waals surface area contributed by atoms with E-state index in [1.54, 1.807) is 7.11 Å². The van der Waals surface area contributed by atoms with Crippen LogP contribution in [0.2, 0.25) is 5.02 Å². The van der Waals surface area contributed by atoms with E-state index in [2.05, 4.69) is 4.90 Å². The van der Waals surface area contributed by atoms with Crippen LogP contribution in [0.15, 0.2) is 12.1 Å². The van der Waals surface area contributed by atoms with E-state index in [-0.39, 0.29) is 5.75 Å². The Morgan fingerprint density at radius 3 is 3.00 bits per heavy atom. The van der Waals surface area contributed by atoms with Crippen LogP contribution in [-0.4, -0.2) is 42.4 Å². The molecule has 5 heteroatoms. The number of methoxy groups -OCH3 is 1. The Morgan fingerprint density at radius 1 is 1.38 bits per heavy atom. The number of rotatable bonds is 3. The molecule has 0 spiro atoms. The summed E-state index contributed by atoms with van der Waals surface area (Å²) in [4.78, 5) is 2.48. The second-order valence-corrected chi connectivity index (χ2v) is 6.27. The predicted octanol–water partition coefficient (Wildman–Crippen LogP) is 3.20. The summed E-state index contributed by atoms with van der Waals surface area (Å²) in [5, 5.41) is 10.2. The number of hydrogen-bond donors (Lipinski definition) is 1. The summed E-state index contributed by atoms with van der Waals surface area (Å²) in [5.74, 6) is 0.450. The molecule has 1 aromatic rings. The van der Waals surface area contributed by atoms with Crippen LogP contribution in [0.4, 0.5) is 0 Å². The van der Waals surface area contributed by atoms with E-state index >= 15 is 0 Å². The van der Waals surface area contributed by atoms with Gasteiger partial charge in [-0.1, -0.05) is 24.4 Å². The van der Waals surface area contributed by atoms with Crippen LogP contribution < -0.4 is 4.74 Å². The fraction of sp³-hybridized carbons (Fsp3) is 0.625. The smallest absolute Gasteiger partial charge is 0.176 e. The molecule has 1 saturated carbocycles. The average molecular weight is 312 g/mol. The van der Waals surface area contributed by atoms with Crippen molar-refractivity contribution in [1.82, 2.24) is 4.90 Å². The molecule has 0 bridgehead atoms. The molecule has 0 amide bonds. The molecule has 1 aliphatic carbocycles. The second kappa shape index (κ2) is 6.42. The molecular weight excluding hydrogens is 290 g/mol. The fourth-order valence-corrected chi connectivity index (χ4v) is 3.71. The molecule has 2 unspecified atom stereocenters. The lowest BCUT2D eigenvalue weighted by Gasteiger charge is -2.43. The molecule has 21 heavy (non-hydrogen) atoms. The van der Waals surface area contributed by atoms with Crippen LogP contribution in [0.5, 0.6) is 11.5 Å². The van der Waals surface area contributed by atoms with Gasteiger partial charge in [-0.25, -0.2) is 0 Å². The van der Waals surface area contributed by atoms with Gasteiger partial charge in [0.15, 0.2) is 11.5 Å². The van der Waals surface area contributed by atoms with E-state index in [0.29, 0.717) is 22.9 Å². The third kappa shape index (κ3) is 3.12. The Kier molecular flexibility index (Phi) is 4.57. The average Bonchev–Trinajstić information content (AvgIpc) is 2.51. The minimum atomic E-state index is 0.0143. The molecule has 116 valence electrons. The second-order valence-electron chi connectivity index (χ2n) is 5.86. The van der Waals surface area contributed by atoms with Crippen LogP contribution in [0.25, 0.3) is 0 Å². The molecule has 1 aliphatic heterocycles. The first kappa shape index (κ1) is 14.9. The first-order chi connectivity index (χ1) is 10.2. The van der Waals surface area contributed by atoms with Gasteiger partial charge in [0.1, 0.15) is 0 Å². The number of phenolic OH excluding ortho intramolecular Hbond substituents is 1. The molecule has 0 aromatic heterocycles. The Hall–Kier alpha value is -0.970. The zero-order valence-electron chi connectivity index (χ0n) is 12.3. The van der Waals surface area contributed by atoms with Gasteiger partial charge in [-0.15, -0.1) is 0 Å². The number of benzene rings is 1. The molecule has 4 nitrogen and oxygen atoms in total. The van der Waals surface area contributed by atoms with Crippen molar-refractivity contribution in [2.75, 3.05) is 20.3 Å². The molecule has 0 radical (unpaired) electrons. The maximum absolute atomic E-state index is 9.82. The van der Waals surface area contributed by atoms with Gasteiger partial charge in [0.05, 0.1) is 24.8 Å². The third-order valence-corrected chi connectivity index (χ3v) is 4.83. The monoisotopic (exact) mass is 311 g/mol. The lowest BCUT2D eigenvalue weighted by Crippen LogP contribution is -2.52. The summed E-state index contributed by atoms with van der Waals surface area (Å²) in [6.07, 6.45) is 5.30. The SMILES string of the molecule is COc1cc(CN2CCOC3CCCCC32)cc(Cl)c1O. The standard InChI is InChI=1S/C16H22ClNO3/c1-20-15-9-11(8-12(17)16(15)19)10-18-6-7-21-14-5-3-2-4-13(14)18/h8-9,13-14,19H,2-7,10H2,1H3. The fourth-order valence-electron chi connectivity index (χ4n) is 3.48. The van der Waals surface area contributed by atoms with Gasteiger partial charge in [-0.2, -0.15) is 0 Å². The van der Waals surface area contributed by atoms with Crippen molar-refractivity contribution in [2.45, 2.75) is 44.4 Å². The zero-order chi connectivity index (χ0) is 14.8. The number of morpholine rings is 1. The number of hydrogen-bond acceptors (Lipinski definition) is 4. The van der Waals surface area contributed by atoms with Crippen molar-refractivity contribution in [3.8, 4) is 11.5 Å². The minimum Gasteiger partial charge on any atom is -0.503 e. The van der Waals surface area contributed by atoms with Gasteiger partial charge in [-0.3, -0.25) is 4.90 Å². The largest absolute Gasteiger partial charge is 0.503 e. The Balaban J connectivity index is 1.77. The molecular formula is C16H22ClNO3. The van der Waals surface area contributed by atoms with Crippen LogP contribution in [0.1, 0.15) is 31.2 Å². The van der Waals surface area contributed by atoms with E-state index < -0.39 is 0 Å². The van der Waals surface area contributed by atoms with Crippen molar-refractivity contribution in [3.63, 3.8) is 0 Å². The number of halogens is 1. The number of fused-ring (bicyclic) bond motifs is 1. The highest BCUT2D eigenvalue weighted by atomic mass is 35.5. The van der Waals surface area contributed by atoms with E-state index in [4.69, 9.17) is 21.1 Å². The van der Waals surface area contributed by atoms with Gasteiger partial charge in [0, 0.05) is 19.1 Å². The molecule has 1 aromatic carbocycles. The van der Waals surface area contributed by atoms with E-state index in [1.165, 1.54) is 25.7 Å². The summed E-state index contributed by atoms with van der Waals surface area (Å²) < 4.78 is 11.1. The summed E-state index contributed by atoms with van der Waals surface area (Å²) in [6, 6.07) is 4.20. The van der Waals surface area contributed by atoms with Gasteiger partial charge in [0.2, 0.25) is 0 Å². The number of ether oxygens (including phenoxy) is 2. The lowest BCUT2D eigenvalue weighted by atomic mass is 9.90. The summed E-state index contributed by atoms with van der Waals surface area (Å²) in [5.41, 5.74) is 1.07. The van der Waals surface area contributed by atoms with Crippen LogP contribution in [-0.2, 0) is 11.3 Å². The minimum absolute atomic E-state index is 0.0143. The van der Waals surface area contributed by atoms with Gasteiger partial charge in [-0.05, 0) is 30.5 Å². The number of phenols is 1. The summed E-state index contributed by atoms with van der Waals surface area (Å²) >= 11 is 6.08. The quantitative estimate of drug-likeness (QED) is 0.931. The molecule has 2 fully saturated rings. The number of nitrogens with zero attached hydrogens (tertiary/aromatic N) is 1. The van der Waals surface area contributed by atoms with Crippen molar-refractivity contribution in [3.05, 3.63) is 22.7 Å². The van der Waals surface area contributed by atoms with Crippen molar-refractivity contribution in [2.24, 2.45) is 0 Å². The Morgan fingerprint density at radius 2 is 2.19 bits per heavy atom. The zero-order valence-corrected chi connectivity index (χ0v) is 13.1. The Bertz CT molecular complexity index is 507. The topological polar surface area (TPSA) is 41.9 Å². The highest BCUT2D eigenvalue weighted by Gasteiger charge is 2.34. The third-order valence-electron chi connectivity index (χ3n) is 4.54. The highest BCUT2D eigenvalue weighted by molar-refractivity contribution is 6.32. The molecule has 1 saturated heterocycles. The lowest BCUT2D eigenvalue weighted by molar-refractivity contribution is -0.0911. The molecule has 1 heterocycles. The predicted molar refractivity (Wildman–Crippen MR) is 82.1 cm³/mol. The molecule has 2 aliphatic rings. The van der Waals surface area contributed by atoms with Gasteiger partial charge in [0.25, 0.3) is 0 Å². The van der Waals surface area contributed by atoms with E-state index in [1.807, 2.05) is 12.1 Å². The van der Waals surface area contributed by atoms with Crippen LogP contribution in [0.3, 0.4) is 0 Å². The molecule has 1 N–H and O–H groups in total. The van der Waals surface area contributed by atoms with Gasteiger partial charge < -0.3 is 14.6 Å².